The zero-order valence-corrected chi connectivity index (χ0v) is 14.6. The van der Waals surface area contributed by atoms with Crippen molar-refractivity contribution in [3.63, 3.8) is 0 Å². The third-order valence-corrected chi connectivity index (χ3v) is 4.90. The van der Waals surface area contributed by atoms with E-state index in [-0.39, 0.29) is 22.9 Å². The number of Topliss-reactive ketones (excluding diaryl/α,β-unsaturated/α-hetero) is 1. The second-order valence-electron chi connectivity index (χ2n) is 6.04. The molecule has 2 aromatic rings. The van der Waals surface area contributed by atoms with E-state index in [0.29, 0.717) is 24.3 Å². The number of carbonyl (C=O) groups excluding carboxylic acids is 1. The number of hydrogen-bond acceptors (Lipinski definition) is 8. The third kappa shape index (κ3) is 3.24. The molecular weight excluding hydrogens is 334 g/mol. The summed E-state index contributed by atoms with van der Waals surface area (Å²) in [6.07, 6.45) is 3.07. The van der Waals surface area contributed by atoms with Crippen molar-refractivity contribution in [2.45, 2.75) is 24.6 Å². The molecule has 0 amide bonds. The van der Waals surface area contributed by atoms with Crippen LogP contribution in [0, 0.1) is 0 Å². The maximum atomic E-state index is 11.8. The molecule has 3 rings (SSSR count). The Morgan fingerprint density at radius 2 is 2.17 bits per heavy atom. The molecule has 130 valence electrons. The number of likely N-dealkylation sites (tertiary alicyclic amines) is 1. The molecule has 3 heterocycles. The summed E-state index contributed by atoms with van der Waals surface area (Å²) < 4.78 is 30.9. The lowest BCUT2D eigenvalue weighted by Crippen LogP contribution is -2.29. The normalized spacial score (nSPS) is 19.0. The van der Waals surface area contributed by atoms with Gasteiger partial charge in [0.25, 0.3) is 0 Å². The summed E-state index contributed by atoms with van der Waals surface area (Å²) in [7, 11) is -1.89. The molecule has 1 aliphatic heterocycles. The fourth-order valence-electron chi connectivity index (χ4n) is 2.89. The second-order valence-corrected chi connectivity index (χ2v) is 7.95. The molecule has 2 aromatic heterocycles. The Kier molecular flexibility index (Phi) is 4.26. The van der Waals surface area contributed by atoms with E-state index in [1.165, 1.54) is 10.9 Å². The SMILES string of the molecule is CC(=O)CN1CCC(Oc2ncnc3c2nc(S(C)(=O)=O)n3C)C1. The molecular formula is C14H19N5O4S. The zero-order valence-electron chi connectivity index (χ0n) is 13.8. The Morgan fingerprint density at radius 1 is 1.42 bits per heavy atom. The minimum atomic E-state index is -3.48. The minimum absolute atomic E-state index is 0.0764. The van der Waals surface area contributed by atoms with Gasteiger partial charge in [0.1, 0.15) is 18.2 Å². The van der Waals surface area contributed by atoms with Gasteiger partial charge in [0.2, 0.25) is 20.9 Å². The van der Waals surface area contributed by atoms with Crippen LogP contribution in [-0.4, -0.2) is 70.6 Å². The Bertz CT molecular complexity index is 892. The van der Waals surface area contributed by atoms with Crippen molar-refractivity contribution in [2.75, 3.05) is 25.9 Å². The van der Waals surface area contributed by atoms with E-state index >= 15 is 0 Å². The van der Waals surface area contributed by atoms with Crippen LogP contribution in [0.15, 0.2) is 11.5 Å². The van der Waals surface area contributed by atoms with Gasteiger partial charge in [0.15, 0.2) is 11.2 Å². The largest absolute Gasteiger partial charge is 0.471 e. The fourth-order valence-corrected chi connectivity index (χ4v) is 3.73. The first kappa shape index (κ1) is 16.8. The van der Waals surface area contributed by atoms with Crippen LogP contribution in [-0.2, 0) is 21.7 Å². The molecule has 1 saturated heterocycles. The number of rotatable bonds is 5. The van der Waals surface area contributed by atoms with Crippen LogP contribution in [0.1, 0.15) is 13.3 Å². The van der Waals surface area contributed by atoms with Crippen molar-refractivity contribution in [3.8, 4) is 5.88 Å². The number of imidazole rings is 1. The van der Waals surface area contributed by atoms with E-state index in [2.05, 4.69) is 15.0 Å². The van der Waals surface area contributed by atoms with Gasteiger partial charge in [-0.25, -0.2) is 18.4 Å². The van der Waals surface area contributed by atoms with E-state index in [9.17, 15) is 13.2 Å². The van der Waals surface area contributed by atoms with Gasteiger partial charge in [-0.3, -0.25) is 9.69 Å². The summed E-state index contributed by atoms with van der Waals surface area (Å²) >= 11 is 0. The van der Waals surface area contributed by atoms with Crippen molar-refractivity contribution in [1.82, 2.24) is 24.4 Å². The van der Waals surface area contributed by atoms with Gasteiger partial charge in [-0.2, -0.15) is 4.98 Å². The predicted octanol–water partition coefficient (Wildman–Crippen LogP) is -0.191. The molecule has 1 atom stereocenters. The number of carbonyl (C=O) groups is 1. The quantitative estimate of drug-likeness (QED) is 0.728. The zero-order chi connectivity index (χ0) is 17.5. The van der Waals surface area contributed by atoms with Gasteiger partial charge in [0, 0.05) is 26.4 Å². The van der Waals surface area contributed by atoms with Gasteiger partial charge in [-0.15, -0.1) is 0 Å². The Balaban J connectivity index is 1.87. The lowest BCUT2D eigenvalue weighted by molar-refractivity contribution is -0.117. The highest BCUT2D eigenvalue weighted by molar-refractivity contribution is 7.90. The maximum Gasteiger partial charge on any atom is 0.245 e. The number of hydrogen-bond donors (Lipinski definition) is 0. The lowest BCUT2D eigenvalue weighted by atomic mass is 10.3. The van der Waals surface area contributed by atoms with Gasteiger partial charge in [0.05, 0.1) is 6.54 Å². The number of aromatic nitrogens is 4. The molecule has 0 saturated carbocycles. The van der Waals surface area contributed by atoms with E-state index in [1.54, 1.807) is 14.0 Å². The molecule has 24 heavy (non-hydrogen) atoms. The molecule has 0 radical (unpaired) electrons. The van der Waals surface area contributed by atoms with Crippen LogP contribution >= 0.6 is 0 Å². The van der Waals surface area contributed by atoms with Gasteiger partial charge in [-0.1, -0.05) is 0 Å². The van der Waals surface area contributed by atoms with Gasteiger partial charge >= 0.3 is 0 Å². The molecule has 0 aromatic carbocycles. The summed E-state index contributed by atoms with van der Waals surface area (Å²) in [5.74, 6) is 0.378. The minimum Gasteiger partial charge on any atom is -0.471 e. The number of nitrogens with zero attached hydrogens (tertiary/aromatic N) is 5. The average Bonchev–Trinajstić information content (AvgIpc) is 3.04. The van der Waals surface area contributed by atoms with Crippen LogP contribution in [0.3, 0.4) is 0 Å². The predicted molar refractivity (Wildman–Crippen MR) is 85.6 cm³/mol. The highest BCUT2D eigenvalue weighted by Gasteiger charge is 2.27. The van der Waals surface area contributed by atoms with Gasteiger partial charge < -0.3 is 9.30 Å². The van der Waals surface area contributed by atoms with Crippen molar-refractivity contribution < 1.29 is 17.9 Å². The molecule has 1 aliphatic rings. The summed E-state index contributed by atoms with van der Waals surface area (Å²) in [5.41, 5.74) is 0.726. The molecule has 0 N–H and O–H groups in total. The topological polar surface area (TPSA) is 107 Å². The van der Waals surface area contributed by atoms with Crippen molar-refractivity contribution in [2.24, 2.45) is 7.05 Å². The van der Waals surface area contributed by atoms with Crippen LogP contribution in [0.5, 0.6) is 5.88 Å². The van der Waals surface area contributed by atoms with E-state index in [1.807, 2.05) is 4.90 Å². The van der Waals surface area contributed by atoms with Gasteiger partial charge in [-0.05, 0) is 13.3 Å². The van der Waals surface area contributed by atoms with Crippen LogP contribution in [0.4, 0.5) is 0 Å². The lowest BCUT2D eigenvalue weighted by Gasteiger charge is -2.15. The van der Waals surface area contributed by atoms with Crippen LogP contribution in [0.25, 0.3) is 11.2 Å². The molecule has 0 spiro atoms. The standard InChI is InChI=1S/C14H19N5O4S/c1-9(20)6-19-5-4-10(7-19)23-13-11-12(15-8-16-13)18(2)14(17-11)24(3,21)22/h8,10H,4-7H2,1-3H3. The number of ether oxygens (including phenoxy) is 1. The summed E-state index contributed by atoms with van der Waals surface area (Å²) in [6.45, 7) is 3.36. The molecule has 1 fully saturated rings. The smallest absolute Gasteiger partial charge is 0.245 e. The number of ketones is 1. The maximum absolute atomic E-state index is 11.8. The Hall–Kier alpha value is -2.07. The van der Waals surface area contributed by atoms with Crippen LogP contribution < -0.4 is 4.74 Å². The van der Waals surface area contributed by atoms with E-state index in [0.717, 1.165) is 19.2 Å². The molecule has 9 nitrogen and oxygen atoms in total. The first-order valence-electron chi connectivity index (χ1n) is 7.51. The highest BCUT2D eigenvalue weighted by Crippen LogP contribution is 2.25. The summed E-state index contributed by atoms with van der Waals surface area (Å²) in [6, 6.07) is 0. The molecule has 10 heteroatoms. The number of fused-ring (bicyclic) bond motifs is 1. The number of sulfone groups is 1. The van der Waals surface area contributed by atoms with E-state index in [4.69, 9.17) is 4.74 Å². The summed E-state index contributed by atoms with van der Waals surface area (Å²) in [5, 5.41) is -0.0764. The van der Waals surface area contributed by atoms with Crippen molar-refractivity contribution in [1.29, 1.82) is 0 Å². The first-order valence-corrected chi connectivity index (χ1v) is 9.41. The monoisotopic (exact) mass is 353 g/mol. The molecule has 0 bridgehead atoms. The van der Waals surface area contributed by atoms with E-state index < -0.39 is 9.84 Å². The summed E-state index contributed by atoms with van der Waals surface area (Å²) in [4.78, 5) is 25.6. The molecule has 0 aliphatic carbocycles. The Labute approximate surface area is 139 Å². The molecule has 1 unspecified atom stereocenters. The fraction of sp³-hybridized carbons (Fsp3) is 0.571. The highest BCUT2D eigenvalue weighted by atomic mass is 32.2. The third-order valence-electron chi connectivity index (χ3n) is 3.87. The number of aryl methyl sites for hydroxylation is 1. The van der Waals surface area contributed by atoms with Crippen molar-refractivity contribution >= 4 is 26.8 Å². The van der Waals surface area contributed by atoms with Crippen LogP contribution in [0.2, 0.25) is 0 Å². The first-order chi connectivity index (χ1) is 11.3. The van der Waals surface area contributed by atoms with Crippen molar-refractivity contribution in [3.05, 3.63) is 6.33 Å². The average molecular weight is 353 g/mol. The Morgan fingerprint density at radius 3 is 2.83 bits per heavy atom. The second kappa shape index (κ2) is 6.10.